The Morgan fingerprint density at radius 1 is 1.03 bits per heavy atom. The number of fused-ring (bicyclic) bond motifs is 1. The van der Waals surface area contributed by atoms with Gasteiger partial charge < -0.3 is 9.03 Å². The van der Waals surface area contributed by atoms with Crippen LogP contribution in [0.5, 0.6) is 0 Å². The van der Waals surface area contributed by atoms with Crippen LogP contribution in [-0.2, 0) is 0 Å². The van der Waals surface area contributed by atoms with Crippen LogP contribution in [0, 0.1) is 6.92 Å². The Morgan fingerprint density at radius 3 is 2.74 bits per heavy atom. The third-order valence-electron chi connectivity index (χ3n) is 5.39. The second-order valence-corrected chi connectivity index (χ2v) is 9.34. The molecule has 1 aliphatic rings. The fraction of sp³-hybridized carbons (Fsp3) is 0.160. The van der Waals surface area contributed by atoms with Gasteiger partial charge in [0.15, 0.2) is 0 Å². The quantitative estimate of drug-likeness (QED) is 0.334. The lowest BCUT2D eigenvalue weighted by Crippen LogP contribution is -2.29. The fourth-order valence-electron chi connectivity index (χ4n) is 3.72. The number of rotatable bonds is 5. The van der Waals surface area contributed by atoms with Gasteiger partial charge in [0.1, 0.15) is 0 Å². The van der Waals surface area contributed by atoms with E-state index >= 15 is 0 Å². The Kier molecular flexibility index (Phi) is 6.02. The van der Waals surface area contributed by atoms with Crippen molar-refractivity contribution in [1.82, 2.24) is 9.71 Å². The standard InChI is InChI=1S/C25H24N4S2/c1-18-7-8-20(17-24(18)25-23-6-3-2-5-19(23)13-15-26-25)28-30-22-11-9-21(10-12-22)29-16-4-14-27-31-29/h2-3,5-13,15,17,27-28H,4,14,16H2,1H3. The number of nitrogens with zero attached hydrogens (tertiary/aromatic N) is 2. The molecular formula is C25H24N4S2. The number of aryl methyl sites for hydroxylation is 1. The molecule has 3 aromatic carbocycles. The molecule has 2 N–H and O–H groups in total. The Balaban J connectivity index is 1.34. The van der Waals surface area contributed by atoms with Crippen molar-refractivity contribution < 1.29 is 0 Å². The number of anilines is 2. The normalized spacial score (nSPS) is 14.0. The van der Waals surface area contributed by atoms with Crippen molar-refractivity contribution in [3.63, 3.8) is 0 Å². The van der Waals surface area contributed by atoms with Crippen LogP contribution in [0.2, 0.25) is 0 Å². The molecule has 31 heavy (non-hydrogen) atoms. The zero-order valence-corrected chi connectivity index (χ0v) is 19.0. The summed E-state index contributed by atoms with van der Waals surface area (Å²) in [6.07, 6.45) is 3.07. The van der Waals surface area contributed by atoms with Gasteiger partial charge in [-0.25, -0.2) is 4.72 Å². The van der Waals surface area contributed by atoms with Crippen LogP contribution >= 0.6 is 24.1 Å². The van der Waals surface area contributed by atoms with E-state index in [0.717, 1.165) is 30.0 Å². The fourth-order valence-corrected chi connectivity index (χ4v) is 5.19. The molecule has 0 spiro atoms. The minimum atomic E-state index is 1.03. The molecule has 1 aliphatic heterocycles. The molecular weight excluding hydrogens is 420 g/mol. The van der Waals surface area contributed by atoms with Crippen LogP contribution in [0.1, 0.15) is 12.0 Å². The molecule has 0 radical (unpaired) electrons. The first kappa shape index (κ1) is 20.2. The molecule has 0 aliphatic carbocycles. The number of nitrogens with one attached hydrogen (secondary N) is 2. The Hall–Kier alpha value is -2.67. The monoisotopic (exact) mass is 444 g/mol. The summed E-state index contributed by atoms with van der Waals surface area (Å²) < 4.78 is 9.15. The van der Waals surface area contributed by atoms with E-state index in [2.05, 4.69) is 93.5 Å². The van der Waals surface area contributed by atoms with Gasteiger partial charge in [0.25, 0.3) is 0 Å². The van der Waals surface area contributed by atoms with Crippen LogP contribution in [0.15, 0.2) is 83.9 Å². The van der Waals surface area contributed by atoms with Gasteiger partial charge in [-0.1, -0.05) is 30.3 Å². The first-order valence-corrected chi connectivity index (χ1v) is 12.0. The van der Waals surface area contributed by atoms with Gasteiger partial charge in [0, 0.05) is 58.6 Å². The van der Waals surface area contributed by atoms with E-state index in [1.165, 1.54) is 33.3 Å². The molecule has 0 atom stereocenters. The summed E-state index contributed by atoms with van der Waals surface area (Å²) in [5.74, 6) is 0. The highest BCUT2D eigenvalue weighted by atomic mass is 32.2. The molecule has 1 aromatic heterocycles. The molecule has 0 unspecified atom stereocenters. The Labute approximate surface area is 191 Å². The maximum atomic E-state index is 4.71. The molecule has 1 fully saturated rings. The van der Waals surface area contributed by atoms with Crippen molar-refractivity contribution in [2.24, 2.45) is 0 Å². The lowest BCUT2D eigenvalue weighted by molar-refractivity contribution is 0.777. The summed E-state index contributed by atoms with van der Waals surface area (Å²) >= 11 is 3.32. The molecule has 156 valence electrons. The maximum absolute atomic E-state index is 4.71. The van der Waals surface area contributed by atoms with Gasteiger partial charge in [0.05, 0.1) is 5.69 Å². The lowest BCUT2D eigenvalue weighted by Gasteiger charge is -2.27. The predicted octanol–water partition coefficient (Wildman–Crippen LogP) is 6.69. The van der Waals surface area contributed by atoms with Crippen molar-refractivity contribution in [2.75, 3.05) is 22.1 Å². The lowest BCUT2D eigenvalue weighted by atomic mass is 10.00. The van der Waals surface area contributed by atoms with Gasteiger partial charge in [-0.2, -0.15) is 0 Å². The topological polar surface area (TPSA) is 40.2 Å². The van der Waals surface area contributed by atoms with Gasteiger partial charge in [-0.15, -0.1) is 0 Å². The minimum absolute atomic E-state index is 1.03. The van der Waals surface area contributed by atoms with Crippen LogP contribution in [0.4, 0.5) is 11.4 Å². The van der Waals surface area contributed by atoms with E-state index in [1.54, 1.807) is 24.1 Å². The smallest absolute Gasteiger partial charge is 0.0783 e. The molecule has 4 aromatic rings. The molecule has 6 heteroatoms. The van der Waals surface area contributed by atoms with Crippen molar-refractivity contribution in [3.05, 3.63) is 84.6 Å². The number of pyridine rings is 1. The van der Waals surface area contributed by atoms with Crippen molar-refractivity contribution in [3.8, 4) is 11.3 Å². The van der Waals surface area contributed by atoms with E-state index in [4.69, 9.17) is 4.98 Å². The summed E-state index contributed by atoms with van der Waals surface area (Å²) in [5.41, 5.74) is 5.71. The molecule has 2 heterocycles. The molecule has 0 saturated carbocycles. The number of hydrogen-bond donors (Lipinski definition) is 2. The minimum Gasteiger partial charge on any atom is -0.326 e. The third-order valence-corrected chi connectivity index (χ3v) is 7.19. The van der Waals surface area contributed by atoms with Crippen LogP contribution < -0.4 is 13.7 Å². The van der Waals surface area contributed by atoms with Gasteiger partial charge in [0.2, 0.25) is 0 Å². The molecule has 1 saturated heterocycles. The van der Waals surface area contributed by atoms with E-state index in [0.29, 0.717) is 0 Å². The summed E-state index contributed by atoms with van der Waals surface area (Å²) in [4.78, 5) is 5.89. The van der Waals surface area contributed by atoms with Crippen molar-refractivity contribution >= 4 is 46.2 Å². The van der Waals surface area contributed by atoms with Crippen LogP contribution in [0.3, 0.4) is 0 Å². The van der Waals surface area contributed by atoms with E-state index in [1.807, 2.05) is 6.20 Å². The average molecular weight is 445 g/mol. The third kappa shape index (κ3) is 4.51. The molecule has 4 nitrogen and oxygen atoms in total. The molecule has 5 rings (SSSR count). The Bertz CT molecular complexity index is 1180. The zero-order chi connectivity index (χ0) is 21.0. The molecule has 0 bridgehead atoms. The first-order valence-electron chi connectivity index (χ1n) is 10.4. The summed E-state index contributed by atoms with van der Waals surface area (Å²) in [5, 5.41) is 2.39. The van der Waals surface area contributed by atoms with Gasteiger partial charge in [-0.3, -0.25) is 4.98 Å². The molecule has 0 amide bonds. The van der Waals surface area contributed by atoms with E-state index in [9.17, 15) is 0 Å². The van der Waals surface area contributed by atoms with Crippen LogP contribution in [-0.4, -0.2) is 18.1 Å². The maximum Gasteiger partial charge on any atom is 0.0783 e. The summed E-state index contributed by atoms with van der Waals surface area (Å²) in [6, 6.07) is 25.7. The number of aromatic nitrogens is 1. The summed E-state index contributed by atoms with van der Waals surface area (Å²) in [6.45, 7) is 4.30. The second kappa shape index (κ2) is 9.22. The average Bonchev–Trinajstić information content (AvgIpc) is 2.84. The van der Waals surface area contributed by atoms with Gasteiger partial charge >= 0.3 is 0 Å². The number of benzene rings is 3. The highest BCUT2D eigenvalue weighted by Crippen LogP contribution is 2.33. The van der Waals surface area contributed by atoms with Gasteiger partial charge in [-0.05, 0) is 78.7 Å². The highest BCUT2D eigenvalue weighted by molar-refractivity contribution is 8.00. The zero-order valence-electron chi connectivity index (χ0n) is 17.3. The second-order valence-electron chi connectivity index (χ2n) is 7.55. The van der Waals surface area contributed by atoms with E-state index in [-0.39, 0.29) is 0 Å². The van der Waals surface area contributed by atoms with Crippen LogP contribution in [0.25, 0.3) is 22.0 Å². The largest absolute Gasteiger partial charge is 0.326 e. The SMILES string of the molecule is Cc1ccc(NSc2ccc(N3CCCNS3)cc2)cc1-c1nccc2ccccc12. The van der Waals surface area contributed by atoms with E-state index < -0.39 is 0 Å². The first-order chi connectivity index (χ1) is 15.3. The number of hydrogen-bond acceptors (Lipinski definition) is 6. The summed E-state index contributed by atoms with van der Waals surface area (Å²) in [7, 11) is 0. The highest BCUT2D eigenvalue weighted by Gasteiger charge is 2.12. The van der Waals surface area contributed by atoms with Crippen molar-refractivity contribution in [1.29, 1.82) is 0 Å². The van der Waals surface area contributed by atoms with Crippen molar-refractivity contribution in [2.45, 2.75) is 18.2 Å². The Morgan fingerprint density at radius 2 is 1.90 bits per heavy atom. The predicted molar refractivity (Wildman–Crippen MR) is 135 cm³/mol.